The summed E-state index contributed by atoms with van der Waals surface area (Å²) in [5, 5.41) is 9.40. The minimum absolute atomic E-state index is 0.0433. The van der Waals surface area contributed by atoms with Gasteiger partial charge < -0.3 is 9.84 Å². The number of hydrogen-bond acceptors (Lipinski definition) is 5. The van der Waals surface area contributed by atoms with E-state index in [9.17, 15) is 5.11 Å². The SMILES string of the molecule is Cc1nc(C)c2ncn(C3OC(CO)C(C)C3C)c2n1. The third-order valence-electron chi connectivity index (χ3n) is 4.34. The van der Waals surface area contributed by atoms with Gasteiger partial charge in [-0.05, 0) is 19.8 Å². The van der Waals surface area contributed by atoms with E-state index < -0.39 is 0 Å². The third-order valence-corrected chi connectivity index (χ3v) is 4.34. The summed E-state index contributed by atoms with van der Waals surface area (Å²) in [6.07, 6.45) is 1.50. The highest BCUT2D eigenvalue weighted by atomic mass is 16.5. The fraction of sp³-hybridized carbons (Fsp3) is 0.643. The molecular weight excluding hydrogens is 256 g/mol. The zero-order valence-corrected chi connectivity index (χ0v) is 12.2. The summed E-state index contributed by atoms with van der Waals surface area (Å²) in [6.45, 7) is 8.10. The highest BCUT2D eigenvalue weighted by Crippen LogP contribution is 2.39. The molecule has 108 valence electrons. The van der Waals surface area contributed by atoms with Crippen molar-refractivity contribution in [1.29, 1.82) is 0 Å². The van der Waals surface area contributed by atoms with Crippen molar-refractivity contribution in [1.82, 2.24) is 19.5 Å². The summed E-state index contributed by atoms with van der Waals surface area (Å²) >= 11 is 0. The Balaban J connectivity index is 2.07. The summed E-state index contributed by atoms with van der Waals surface area (Å²) in [4.78, 5) is 13.2. The Labute approximate surface area is 117 Å². The van der Waals surface area contributed by atoms with Crippen molar-refractivity contribution in [2.75, 3.05) is 6.61 Å². The third kappa shape index (κ3) is 1.91. The Kier molecular flexibility index (Phi) is 3.22. The highest BCUT2D eigenvalue weighted by Gasteiger charge is 2.40. The molecule has 0 aliphatic carbocycles. The predicted octanol–water partition coefficient (Wildman–Crippen LogP) is 1.61. The van der Waals surface area contributed by atoms with Crippen molar-refractivity contribution in [3.63, 3.8) is 0 Å². The number of hydrogen-bond donors (Lipinski definition) is 1. The summed E-state index contributed by atoms with van der Waals surface area (Å²) in [5.74, 6) is 1.32. The van der Waals surface area contributed by atoms with Crippen LogP contribution in [0.4, 0.5) is 0 Å². The smallest absolute Gasteiger partial charge is 0.165 e. The van der Waals surface area contributed by atoms with Crippen LogP contribution in [0.15, 0.2) is 6.33 Å². The van der Waals surface area contributed by atoms with E-state index in [1.54, 1.807) is 6.33 Å². The molecule has 1 aliphatic rings. The van der Waals surface area contributed by atoms with Crippen LogP contribution in [-0.2, 0) is 4.74 Å². The van der Waals surface area contributed by atoms with E-state index in [4.69, 9.17) is 4.74 Å². The van der Waals surface area contributed by atoms with Crippen molar-refractivity contribution in [3.8, 4) is 0 Å². The first kappa shape index (κ1) is 13.5. The lowest BCUT2D eigenvalue weighted by molar-refractivity contribution is -0.0336. The van der Waals surface area contributed by atoms with Gasteiger partial charge in [0.25, 0.3) is 0 Å². The summed E-state index contributed by atoms with van der Waals surface area (Å²) in [7, 11) is 0. The molecule has 6 heteroatoms. The molecule has 20 heavy (non-hydrogen) atoms. The number of nitrogens with zero attached hydrogens (tertiary/aromatic N) is 4. The molecule has 1 N–H and O–H groups in total. The van der Waals surface area contributed by atoms with Gasteiger partial charge in [0.1, 0.15) is 17.6 Å². The molecule has 2 aromatic rings. The maximum Gasteiger partial charge on any atom is 0.165 e. The van der Waals surface area contributed by atoms with Gasteiger partial charge in [-0.3, -0.25) is 4.57 Å². The average Bonchev–Trinajstić information content (AvgIpc) is 2.93. The van der Waals surface area contributed by atoms with Crippen LogP contribution >= 0.6 is 0 Å². The number of ether oxygens (including phenoxy) is 1. The quantitative estimate of drug-likeness (QED) is 0.902. The van der Waals surface area contributed by atoms with Crippen LogP contribution in [0.2, 0.25) is 0 Å². The zero-order chi connectivity index (χ0) is 14.4. The van der Waals surface area contributed by atoms with Crippen LogP contribution in [0, 0.1) is 25.7 Å². The van der Waals surface area contributed by atoms with Crippen molar-refractivity contribution >= 4 is 11.2 Å². The van der Waals surface area contributed by atoms with Crippen LogP contribution in [0.1, 0.15) is 31.6 Å². The van der Waals surface area contributed by atoms with Gasteiger partial charge in [-0.25, -0.2) is 15.0 Å². The Hall–Kier alpha value is -1.53. The number of aliphatic hydroxyl groups is 1. The maximum atomic E-state index is 9.40. The highest BCUT2D eigenvalue weighted by molar-refractivity contribution is 5.73. The number of aromatic nitrogens is 4. The second-order valence-corrected chi connectivity index (χ2v) is 5.65. The lowest BCUT2D eigenvalue weighted by Crippen LogP contribution is -2.19. The van der Waals surface area contributed by atoms with E-state index in [1.165, 1.54) is 0 Å². The molecule has 0 aromatic carbocycles. The van der Waals surface area contributed by atoms with Crippen molar-refractivity contribution in [2.45, 2.75) is 40.0 Å². The van der Waals surface area contributed by atoms with E-state index in [0.29, 0.717) is 11.8 Å². The molecule has 1 saturated heterocycles. The Morgan fingerprint density at radius 1 is 1.25 bits per heavy atom. The van der Waals surface area contributed by atoms with Gasteiger partial charge in [0.2, 0.25) is 0 Å². The number of imidazole rings is 1. The van der Waals surface area contributed by atoms with Crippen molar-refractivity contribution in [2.24, 2.45) is 11.8 Å². The van der Waals surface area contributed by atoms with Gasteiger partial charge in [0, 0.05) is 5.92 Å². The molecular formula is C14H20N4O2. The normalized spacial score (nSPS) is 30.2. The van der Waals surface area contributed by atoms with E-state index in [2.05, 4.69) is 28.8 Å². The molecule has 1 fully saturated rings. The fourth-order valence-electron chi connectivity index (χ4n) is 2.93. The molecule has 3 rings (SSSR count). The molecule has 4 unspecified atom stereocenters. The molecule has 1 aliphatic heterocycles. The second kappa shape index (κ2) is 4.79. The maximum absolute atomic E-state index is 9.40. The van der Waals surface area contributed by atoms with Crippen molar-refractivity contribution < 1.29 is 9.84 Å². The number of fused-ring (bicyclic) bond motifs is 1. The number of aliphatic hydroxyl groups excluding tert-OH is 1. The average molecular weight is 276 g/mol. The Morgan fingerprint density at radius 2 is 2.00 bits per heavy atom. The molecule has 0 spiro atoms. The van der Waals surface area contributed by atoms with Crippen LogP contribution < -0.4 is 0 Å². The van der Waals surface area contributed by atoms with E-state index in [0.717, 1.165) is 22.7 Å². The summed E-state index contributed by atoms with van der Waals surface area (Å²) in [5.41, 5.74) is 2.49. The van der Waals surface area contributed by atoms with Gasteiger partial charge in [0.15, 0.2) is 5.65 Å². The second-order valence-electron chi connectivity index (χ2n) is 5.65. The number of rotatable bonds is 2. The zero-order valence-electron chi connectivity index (χ0n) is 12.2. The van der Waals surface area contributed by atoms with Gasteiger partial charge in [-0.2, -0.15) is 0 Å². The Bertz CT molecular complexity index is 639. The van der Waals surface area contributed by atoms with E-state index in [-0.39, 0.29) is 18.9 Å². The molecule has 0 saturated carbocycles. The first-order valence-corrected chi connectivity index (χ1v) is 6.97. The minimum atomic E-state index is -0.138. The fourth-order valence-corrected chi connectivity index (χ4v) is 2.93. The molecule has 6 nitrogen and oxygen atoms in total. The monoisotopic (exact) mass is 276 g/mol. The molecule has 4 atom stereocenters. The first-order chi connectivity index (χ1) is 9.52. The van der Waals surface area contributed by atoms with Gasteiger partial charge in [-0.1, -0.05) is 13.8 Å². The van der Waals surface area contributed by atoms with Gasteiger partial charge in [0.05, 0.1) is 24.7 Å². The van der Waals surface area contributed by atoms with Gasteiger partial charge >= 0.3 is 0 Å². The molecule has 0 bridgehead atoms. The minimum Gasteiger partial charge on any atom is -0.394 e. The Morgan fingerprint density at radius 3 is 2.65 bits per heavy atom. The molecule has 0 radical (unpaired) electrons. The topological polar surface area (TPSA) is 73.1 Å². The van der Waals surface area contributed by atoms with Crippen LogP contribution in [0.3, 0.4) is 0 Å². The first-order valence-electron chi connectivity index (χ1n) is 6.97. The van der Waals surface area contributed by atoms with Crippen molar-refractivity contribution in [3.05, 3.63) is 17.8 Å². The van der Waals surface area contributed by atoms with Gasteiger partial charge in [-0.15, -0.1) is 0 Å². The van der Waals surface area contributed by atoms with E-state index >= 15 is 0 Å². The summed E-state index contributed by atoms with van der Waals surface area (Å²) < 4.78 is 7.95. The van der Waals surface area contributed by atoms with Crippen LogP contribution in [-0.4, -0.2) is 37.3 Å². The largest absolute Gasteiger partial charge is 0.394 e. The van der Waals surface area contributed by atoms with E-state index in [1.807, 2.05) is 18.4 Å². The predicted molar refractivity (Wildman–Crippen MR) is 74.1 cm³/mol. The lowest BCUT2D eigenvalue weighted by atomic mass is 9.93. The summed E-state index contributed by atoms with van der Waals surface area (Å²) in [6, 6.07) is 0. The number of aryl methyl sites for hydroxylation is 2. The van der Waals surface area contributed by atoms with Crippen LogP contribution in [0.25, 0.3) is 11.2 Å². The molecule has 0 amide bonds. The standard InChI is InChI=1S/C14H20N4O2/c1-7-8(2)14(20-11(7)5-19)18-6-15-12-9(3)16-10(4)17-13(12)18/h6-8,11,14,19H,5H2,1-4H3. The molecule has 3 heterocycles. The lowest BCUT2D eigenvalue weighted by Gasteiger charge is -2.18. The molecule has 2 aromatic heterocycles. The van der Waals surface area contributed by atoms with Crippen LogP contribution in [0.5, 0.6) is 0 Å².